The van der Waals surface area contributed by atoms with Crippen LogP contribution in [0.5, 0.6) is 0 Å². The van der Waals surface area contributed by atoms with Crippen molar-refractivity contribution in [3.8, 4) is 0 Å². The Labute approximate surface area is 181 Å². The first-order valence-electron chi connectivity index (χ1n) is 12.0. The molecule has 2 rings (SSSR count). The highest BCUT2D eigenvalue weighted by Gasteiger charge is 2.32. The molecular formula is C24H41NO5. The topological polar surface area (TPSA) is 98.1 Å². The van der Waals surface area contributed by atoms with Gasteiger partial charge in [-0.05, 0) is 69.6 Å². The highest BCUT2D eigenvalue weighted by molar-refractivity contribution is 5.76. The van der Waals surface area contributed by atoms with Gasteiger partial charge in [0.25, 0.3) is 0 Å². The van der Waals surface area contributed by atoms with Gasteiger partial charge >= 0.3 is 5.97 Å². The number of unbranched alkanes of at least 4 members (excludes halogenated alkanes) is 3. The van der Waals surface area contributed by atoms with Crippen molar-refractivity contribution in [2.24, 2.45) is 11.8 Å². The number of carbonyl (C=O) groups excluding carboxylic acids is 1. The lowest BCUT2D eigenvalue weighted by Gasteiger charge is -2.26. The lowest BCUT2D eigenvalue weighted by Crippen LogP contribution is -2.35. The number of allylic oxidation sites excluding steroid dienone is 1. The van der Waals surface area contributed by atoms with Gasteiger partial charge in [0.2, 0.25) is 5.91 Å². The number of rotatable bonds is 13. The van der Waals surface area contributed by atoms with Crippen molar-refractivity contribution in [2.45, 2.75) is 102 Å². The number of aliphatic carboxylic acids is 1. The second-order valence-corrected chi connectivity index (χ2v) is 9.10. The number of carboxylic acid groups (broad SMARTS) is 1. The highest BCUT2D eigenvalue weighted by Crippen LogP contribution is 2.36. The van der Waals surface area contributed by atoms with E-state index in [0.29, 0.717) is 25.2 Å². The first kappa shape index (κ1) is 24.9. The number of carbonyl (C=O) groups is 2. The largest absolute Gasteiger partial charge is 0.481 e. The predicted molar refractivity (Wildman–Crippen MR) is 117 cm³/mol. The van der Waals surface area contributed by atoms with Crippen LogP contribution < -0.4 is 0 Å². The number of amides is 1. The molecule has 0 aromatic heterocycles. The minimum absolute atomic E-state index is 0.102. The second-order valence-electron chi connectivity index (χ2n) is 9.10. The van der Waals surface area contributed by atoms with E-state index in [1.54, 1.807) is 0 Å². The Balaban J connectivity index is 1.56. The number of hydrogen-bond acceptors (Lipinski definition) is 4. The summed E-state index contributed by atoms with van der Waals surface area (Å²) in [5.74, 6) is -0.162. The molecule has 1 aliphatic carbocycles. The molecule has 6 nitrogen and oxygen atoms in total. The molecule has 172 valence electrons. The number of nitrogens with zero attached hydrogens (tertiary/aromatic N) is 1. The molecule has 30 heavy (non-hydrogen) atoms. The van der Waals surface area contributed by atoms with Gasteiger partial charge in [0.05, 0.1) is 12.2 Å². The van der Waals surface area contributed by atoms with Crippen LogP contribution in [0.4, 0.5) is 0 Å². The third-order valence-corrected chi connectivity index (χ3v) is 6.70. The van der Waals surface area contributed by atoms with Gasteiger partial charge < -0.3 is 20.2 Å². The zero-order valence-electron chi connectivity index (χ0n) is 18.4. The molecule has 6 heteroatoms. The van der Waals surface area contributed by atoms with Crippen LogP contribution in [-0.2, 0) is 9.59 Å². The molecule has 4 unspecified atom stereocenters. The Hall–Kier alpha value is -1.40. The summed E-state index contributed by atoms with van der Waals surface area (Å²) in [5.41, 5.74) is 0. The van der Waals surface area contributed by atoms with Crippen LogP contribution in [-0.4, -0.2) is 57.4 Å². The minimum atomic E-state index is -0.791. The molecule has 1 amide bonds. The van der Waals surface area contributed by atoms with Crippen molar-refractivity contribution >= 4 is 11.9 Å². The van der Waals surface area contributed by atoms with Crippen molar-refractivity contribution in [3.63, 3.8) is 0 Å². The molecule has 0 aromatic carbocycles. The fraction of sp³-hybridized carbons (Fsp3) is 0.833. The number of aliphatic hydroxyl groups is 2. The molecule has 1 saturated heterocycles. The van der Waals surface area contributed by atoms with Gasteiger partial charge in [0.1, 0.15) is 0 Å². The van der Waals surface area contributed by atoms with Gasteiger partial charge in [-0.3, -0.25) is 9.59 Å². The number of piperidine rings is 1. The van der Waals surface area contributed by atoms with Gasteiger partial charge in [-0.2, -0.15) is 0 Å². The predicted octanol–water partition coefficient (Wildman–Crippen LogP) is 3.90. The average molecular weight is 424 g/mol. The highest BCUT2D eigenvalue weighted by atomic mass is 16.4. The van der Waals surface area contributed by atoms with Crippen molar-refractivity contribution in [2.75, 3.05) is 13.1 Å². The number of likely N-dealkylation sites (tertiary alicyclic amines) is 1. The average Bonchev–Trinajstić information content (AvgIpc) is 3.09. The Morgan fingerprint density at radius 1 is 0.967 bits per heavy atom. The summed E-state index contributed by atoms with van der Waals surface area (Å²) < 4.78 is 0. The van der Waals surface area contributed by atoms with Crippen LogP contribution >= 0.6 is 0 Å². The fourth-order valence-corrected chi connectivity index (χ4v) is 4.86. The summed E-state index contributed by atoms with van der Waals surface area (Å²) in [6, 6.07) is 0. The van der Waals surface area contributed by atoms with Gasteiger partial charge in [-0.15, -0.1) is 0 Å². The third kappa shape index (κ3) is 9.17. The van der Waals surface area contributed by atoms with E-state index in [1.165, 1.54) is 6.42 Å². The van der Waals surface area contributed by atoms with Crippen molar-refractivity contribution < 1.29 is 24.9 Å². The molecule has 0 bridgehead atoms. The summed E-state index contributed by atoms with van der Waals surface area (Å²) in [7, 11) is 0. The van der Waals surface area contributed by atoms with Crippen molar-refractivity contribution in [1.29, 1.82) is 0 Å². The molecule has 1 saturated carbocycles. The Bertz CT molecular complexity index is 544. The fourth-order valence-electron chi connectivity index (χ4n) is 4.86. The van der Waals surface area contributed by atoms with E-state index in [-0.39, 0.29) is 24.4 Å². The normalized spacial score (nSPS) is 25.7. The van der Waals surface area contributed by atoms with Crippen molar-refractivity contribution in [3.05, 3.63) is 12.2 Å². The Kier molecular flexibility index (Phi) is 11.4. The Morgan fingerprint density at radius 3 is 2.43 bits per heavy atom. The second kappa shape index (κ2) is 13.8. The van der Waals surface area contributed by atoms with E-state index < -0.39 is 12.1 Å². The first-order valence-corrected chi connectivity index (χ1v) is 12.0. The van der Waals surface area contributed by atoms with E-state index in [0.717, 1.165) is 70.9 Å². The summed E-state index contributed by atoms with van der Waals surface area (Å²) >= 11 is 0. The summed E-state index contributed by atoms with van der Waals surface area (Å²) in [6.07, 6.45) is 15.0. The van der Waals surface area contributed by atoms with E-state index >= 15 is 0 Å². The maximum atomic E-state index is 12.1. The minimum Gasteiger partial charge on any atom is -0.481 e. The molecule has 2 fully saturated rings. The maximum Gasteiger partial charge on any atom is 0.303 e. The molecule has 4 atom stereocenters. The monoisotopic (exact) mass is 423 g/mol. The maximum absolute atomic E-state index is 12.1. The molecule has 0 spiro atoms. The number of carboxylic acids is 1. The molecule has 0 radical (unpaired) electrons. The van der Waals surface area contributed by atoms with E-state index in [1.807, 2.05) is 17.1 Å². The van der Waals surface area contributed by atoms with Crippen LogP contribution in [0, 0.1) is 11.8 Å². The summed E-state index contributed by atoms with van der Waals surface area (Å²) in [6.45, 7) is 1.85. The van der Waals surface area contributed by atoms with E-state index in [4.69, 9.17) is 5.11 Å². The van der Waals surface area contributed by atoms with Crippen LogP contribution in [0.15, 0.2) is 12.2 Å². The summed E-state index contributed by atoms with van der Waals surface area (Å²) in [4.78, 5) is 24.8. The molecule has 3 N–H and O–H groups in total. The van der Waals surface area contributed by atoms with Gasteiger partial charge in [-0.1, -0.05) is 31.4 Å². The summed E-state index contributed by atoms with van der Waals surface area (Å²) in [5, 5.41) is 29.2. The molecule has 2 aliphatic rings. The van der Waals surface area contributed by atoms with Crippen LogP contribution in [0.2, 0.25) is 0 Å². The SMILES string of the molecule is O=C(O)CCCC1C(O)CCC1C=CC(O)CCCCCCC(=O)N1CCCCC1. The lowest BCUT2D eigenvalue weighted by atomic mass is 9.89. The van der Waals surface area contributed by atoms with E-state index in [9.17, 15) is 19.8 Å². The van der Waals surface area contributed by atoms with Crippen LogP contribution in [0.1, 0.15) is 89.9 Å². The quantitative estimate of drug-likeness (QED) is 0.308. The molecule has 1 heterocycles. The third-order valence-electron chi connectivity index (χ3n) is 6.70. The molecular weight excluding hydrogens is 382 g/mol. The molecule has 1 aliphatic heterocycles. The Morgan fingerprint density at radius 2 is 1.70 bits per heavy atom. The van der Waals surface area contributed by atoms with Crippen LogP contribution in [0.25, 0.3) is 0 Å². The van der Waals surface area contributed by atoms with E-state index in [2.05, 4.69) is 0 Å². The van der Waals surface area contributed by atoms with Crippen molar-refractivity contribution in [1.82, 2.24) is 4.90 Å². The van der Waals surface area contributed by atoms with Gasteiger partial charge in [0.15, 0.2) is 0 Å². The first-order chi connectivity index (χ1) is 14.5. The zero-order valence-corrected chi connectivity index (χ0v) is 18.4. The molecule has 0 aromatic rings. The number of hydrogen-bond donors (Lipinski definition) is 3. The lowest BCUT2D eigenvalue weighted by molar-refractivity contribution is -0.137. The number of aliphatic hydroxyl groups excluding tert-OH is 2. The van der Waals surface area contributed by atoms with Crippen LogP contribution in [0.3, 0.4) is 0 Å². The van der Waals surface area contributed by atoms with Gasteiger partial charge in [-0.25, -0.2) is 0 Å². The van der Waals surface area contributed by atoms with Gasteiger partial charge in [0, 0.05) is 25.9 Å². The smallest absolute Gasteiger partial charge is 0.303 e. The zero-order chi connectivity index (χ0) is 21.8. The standard InChI is InChI=1S/C24H41NO5/c26-20(9-4-1-2-5-11-23(28)25-17-6-3-7-18-25)15-13-19-14-16-22(27)21(19)10-8-12-24(29)30/h13,15,19-22,26-27H,1-12,14,16-18H2,(H,29,30).